The molecule has 1 aliphatic heterocycles. The number of carbonyl (C=O) groups excluding carboxylic acids is 1. The van der Waals surface area contributed by atoms with Gasteiger partial charge in [0.2, 0.25) is 5.91 Å². The number of ether oxygens (including phenoxy) is 1. The lowest BCUT2D eigenvalue weighted by atomic mass is 9.96. The second kappa shape index (κ2) is 12.3. The first-order chi connectivity index (χ1) is 12.3. The fourth-order valence-corrected chi connectivity index (χ4v) is 3.03. The van der Waals surface area contributed by atoms with Gasteiger partial charge in [0.15, 0.2) is 0 Å². The number of carbonyl (C=O) groups is 1. The number of unbranched alkanes of at least 4 members (excludes halogenated alkanes) is 3. The average Bonchev–Trinajstić information content (AvgIpc) is 2.91. The molecule has 0 aromatic rings. The molecule has 1 rings (SSSR count). The summed E-state index contributed by atoms with van der Waals surface area (Å²) < 4.78 is 26.5. The number of azide groups is 1. The molecular formula is C13H24BN4O7P. The number of rotatable bonds is 13. The molecule has 13 heteroatoms. The predicted molar refractivity (Wildman–Crippen MR) is 92.3 cm³/mol. The molecule has 0 aromatic heterocycles. The summed E-state index contributed by atoms with van der Waals surface area (Å²) in [6.45, 7) is 0.0158. The summed E-state index contributed by atoms with van der Waals surface area (Å²) in [7, 11) is 1.29. The quantitative estimate of drug-likeness (QED) is 0.104. The summed E-state index contributed by atoms with van der Waals surface area (Å²) in [5.74, 6) is -0.332. The van der Waals surface area contributed by atoms with Gasteiger partial charge in [0.1, 0.15) is 20.5 Å². The van der Waals surface area contributed by atoms with Crippen LogP contribution in [-0.4, -0.2) is 68.3 Å². The van der Waals surface area contributed by atoms with Crippen molar-refractivity contribution in [1.82, 2.24) is 5.32 Å². The second-order valence-corrected chi connectivity index (χ2v) is 7.22. The number of hydrogen-bond acceptors (Lipinski definition) is 7. The first kappa shape index (κ1) is 22.9. The van der Waals surface area contributed by atoms with Crippen LogP contribution >= 0.6 is 7.82 Å². The molecule has 1 aliphatic rings. The van der Waals surface area contributed by atoms with Crippen LogP contribution in [0.1, 0.15) is 32.1 Å². The van der Waals surface area contributed by atoms with Crippen molar-refractivity contribution in [2.24, 2.45) is 5.11 Å². The molecule has 1 unspecified atom stereocenters. The summed E-state index contributed by atoms with van der Waals surface area (Å²) in [4.78, 5) is 23.2. The Bertz CT molecular complexity index is 535. The lowest BCUT2D eigenvalue weighted by molar-refractivity contribution is -0.119. The van der Waals surface area contributed by atoms with Crippen LogP contribution in [0, 0.1) is 0 Å². The van der Waals surface area contributed by atoms with Crippen LogP contribution in [0.4, 0.5) is 0 Å². The lowest BCUT2D eigenvalue weighted by Crippen LogP contribution is -2.26. The summed E-state index contributed by atoms with van der Waals surface area (Å²) in [5, 5.41) is 15.4. The molecule has 0 aromatic carbocycles. The zero-order valence-corrected chi connectivity index (χ0v) is 15.3. The van der Waals surface area contributed by atoms with Crippen LogP contribution in [0.5, 0.6) is 0 Å². The van der Waals surface area contributed by atoms with E-state index in [0.717, 1.165) is 19.3 Å². The lowest BCUT2D eigenvalue weighted by Gasteiger charge is -2.17. The minimum absolute atomic E-state index is 0.0462. The van der Waals surface area contributed by atoms with Crippen LogP contribution in [0.25, 0.3) is 10.4 Å². The van der Waals surface area contributed by atoms with Crippen molar-refractivity contribution in [3.8, 4) is 0 Å². The molecule has 3 N–H and O–H groups in total. The Labute approximate surface area is 153 Å². The van der Waals surface area contributed by atoms with Crippen molar-refractivity contribution in [2.75, 3.05) is 26.3 Å². The second-order valence-electron chi connectivity index (χ2n) is 5.77. The Kier molecular flexibility index (Phi) is 10.8. The third-order valence-corrected chi connectivity index (χ3v) is 4.56. The molecule has 0 saturated carbocycles. The standard InChI is InChI=1S/C13H24BN4O7P/c14-12-7-10(19)11(25-12)9-24-26(21,22)23-6-4-2-1-3-5-16-13(20)8-17-18-15/h10-12,19H,1-9H2,(H,16,20)(H,21,22)/t10-,11-,12-/m1/s1. The number of aliphatic hydroxyl groups excluding tert-OH is 1. The van der Waals surface area contributed by atoms with Gasteiger partial charge >= 0.3 is 7.82 Å². The molecule has 11 nitrogen and oxygen atoms in total. The van der Waals surface area contributed by atoms with Crippen molar-refractivity contribution in [2.45, 2.75) is 50.3 Å². The maximum Gasteiger partial charge on any atom is 0.472 e. The van der Waals surface area contributed by atoms with Gasteiger partial charge in [0, 0.05) is 17.5 Å². The van der Waals surface area contributed by atoms with Crippen LogP contribution < -0.4 is 5.32 Å². The number of nitrogens with zero attached hydrogens (tertiary/aromatic N) is 3. The van der Waals surface area contributed by atoms with Gasteiger partial charge in [-0.2, -0.15) is 0 Å². The molecule has 146 valence electrons. The summed E-state index contributed by atoms with van der Waals surface area (Å²) in [5.41, 5.74) is 8.07. The number of hydrogen-bond donors (Lipinski definition) is 3. The van der Waals surface area contributed by atoms with E-state index in [9.17, 15) is 19.4 Å². The largest absolute Gasteiger partial charge is 0.472 e. The average molecular weight is 390 g/mol. The van der Waals surface area contributed by atoms with Gasteiger partial charge in [0.25, 0.3) is 0 Å². The molecule has 26 heavy (non-hydrogen) atoms. The highest BCUT2D eigenvalue weighted by Crippen LogP contribution is 2.44. The van der Waals surface area contributed by atoms with Crippen molar-refractivity contribution in [1.29, 1.82) is 0 Å². The van der Waals surface area contributed by atoms with Gasteiger partial charge in [-0.05, 0) is 24.8 Å². The number of amides is 1. The zero-order valence-electron chi connectivity index (χ0n) is 14.4. The van der Waals surface area contributed by atoms with E-state index in [1.807, 2.05) is 0 Å². The van der Waals surface area contributed by atoms with E-state index in [0.29, 0.717) is 13.0 Å². The molecule has 0 aliphatic carbocycles. The van der Waals surface area contributed by atoms with Crippen LogP contribution in [0.15, 0.2) is 5.11 Å². The topological polar surface area (TPSA) is 163 Å². The number of nitrogens with one attached hydrogen (secondary N) is 1. The van der Waals surface area contributed by atoms with Gasteiger partial charge in [-0.3, -0.25) is 13.8 Å². The Morgan fingerprint density at radius 3 is 2.77 bits per heavy atom. The summed E-state index contributed by atoms with van der Waals surface area (Å²) >= 11 is 0. The molecule has 4 atom stereocenters. The highest BCUT2D eigenvalue weighted by Gasteiger charge is 2.33. The van der Waals surface area contributed by atoms with E-state index in [4.69, 9.17) is 27.2 Å². The maximum absolute atomic E-state index is 11.7. The summed E-state index contributed by atoms with van der Waals surface area (Å²) in [6.07, 6.45) is 1.48. The van der Waals surface area contributed by atoms with Gasteiger partial charge in [-0.1, -0.05) is 18.0 Å². The van der Waals surface area contributed by atoms with Crippen molar-refractivity contribution >= 4 is 21.6 Å². The van der Waals surface area contributed by atoms with Gasteiger partial charge in [0.05, 0.1) is 19.3 Å². The van der Waals surface area contributed by atoms with Crippen molar-refractivity contribution in [3.63, 3.8) is 0 Å². The van der Waals surface area contributed by atoms with Crippen LogP contribution in [-0.2, 0) is 23.1 Å². The third-order valence-electron chi connectivity index (χ3n) is 3.58. The van der Waals surface area contributed by atoms with Crippen molar-refractivity contribution < 1.29 is 33.1 Å². The molecule has 2 radical (unpaired) electrons. The molecule has 1 amide bonds. The van der Waals surface area contributed by atoms with Gasteiger partial charge in [-0.15, -0.1) is 0 Å². The Balaban J connectivity index is 2.01. The van der Waals surface area contributed by atoms with Gasteiger partial charge < -0.3 is 20.1 Å². The first-order valence-electron chi connectivity index (χ1n) is 8.32. The van der Waals surface area contributed by atoms with Crippen LogP contribution in [0.3, 0.4) is 0 Å². The monoisotopic (exact) mass is 390 g/mol. The molecule has 1 heterocycles. The highest BCUT2D eigenvalue weighted by atomic mass is 31.2. The van der Waals surface area contributed by atoms with E-state index in [-0.39, 0.29) is 32.1 Å². The minimum atomic E-state index is -4.21. The smallest absolute Gasteiger partial charge is 0.390 e. The fourth-order valence-electron chi connectivity index (χ4n) is 2.26. The first-order valence-corrected chi connectivity index (χ1v) is 9.82. The zero-order chi connectivity index (χ0) is 19.4. The van der Waals surface area contributed by atoms with Crippen molar-refractivity contribution in [3.05, 3.63) is 10.4 Å². The maximum atomic E-state index is 11.7. The fraction of sp³-hybridized carbons (Fsp3) is 0.923. The normalized spacial score (nSPS) is 24.6. The molecule has 0 bridgehead atoms. The Morgan fingerprint density at radius 2 is 2.12 bits per heavy atom. The SMILES string of the molecule is [B][C@H]1C[C@@H](O)[C@@H](COP(=O)(O)OCCCCCCNC(=O)CN=[N+]=[N-])O1. The molecule has 1 saturated heterocycles. The Morgan fingerprint density at radius 1 is 1.38 bits per heavy atom. The Hall–Kier alpha value is -1.13. The third kappa shape index (κ3) is 10.1. The van der Waals surface area contributed by atoms with E-state index in [2.05, 4.69) is 15.3 Å². The van der Waals surface area contributed by atoms with E-state index >= 15 is 0 Å². The van der Waals surface area contributed by atoms with E-state index in [1.165, 1.54) is 0 Å². The molecule has 1 fully saturated rings. The number of aliphatic hydroxyl groups is 1. The number of phosphoric ester groups is 1. The molecular weight excluding hydrogens is 366 g/mol. The minimum Gasteiger partial charge on any atom is -0.390 e. The van der Waals surface area contributed by atoms with E-state index in [1.54, 1.807) is 0 Å². The van der Waals surface area contributed by atoms with Gasteiger partial charge in [-0.25, -0.2) is 4.57 Å². The molecule has 0 spiro atoms. The van der Waals surface area contributed by atoms with E-state index < -0.39 is 26.0 Å². The summed E-state index contributed by atoms with van der Waals surface area (Å²) in [6, 6.07) is -0.610. The predicted octanol–water partition coefficient (Wildman–Crippen LogP) is 0.751. The highest BCUT2D eigenvalue weighted by molar-refractivity contribution is 7.47. The van der Waals surface area contributed by atoms with Crippen LogP contribution in [0.2, 0.25) is 0 Å². The number of phosphoric acid groups is 1.